The molecule has 1 fully saturated rings. The molecule has 2 rings (SSSR count). The Kier molecular flexibility index (Phi) is 2.20. The molecule has 1 aromatic rings. The highest BCUT2D eigenvalue weighted by Crippen LogP contribution is 2.51. The van der Waals surface area contributed by atoms with E-state index in [2.05, 4.69) is 41.1 Å². The number of nitrogens with two attached hydrogens (primary N) is 1. The molecule has 0 heterocycles. The topological polar surface area (TPSA) is 26.0 Å². The summed E-state index contributed by atoms with van der Waals surface area (Å²) in [7, 11) is 0. The van der Waals surface area contributed by atoms with Crippen molar-refractivity contribution >= 4 is 15.9 Å². The molecule has 2 atom stereocenters. The zero-order valence-electron chi connectivity index (χ0n) is 7.76. The zero-order valence-corrected chi connectivity index (χ0v) is 9.34. The summed E-state index contributed by atoms with van der Waals surface area (Å²) in [6.45, 7) is 2.21. The second kappa shape index (κ2) is 3.10. The standard InChI is InChI=1S/C11H14BrN/c1-2-8-7-11(8,13)9-4-3-5-10(12)6-9/h3-6,8H,2,7,13H2,1H3. The highest BCUT2D eigenvalue weighted by Gasteiger charge is 2.50. The molecule has 2 unspecified atom stereocenters. The van der Waals surface area contributed by atoms with Crippen molar-refractivity contribution in [2.45, 2.75) is 25.3 Å². The van der Waals surface area contributed by atoms with Gasteiger partial charge in [-0.3, -0.25) is 0 Å². The third-order valence-electron chi connectivity index (χ3n) is 3.01. The van der Waals surface area contributed by atoms with Crippen molar-refractivity contribution in [2.75, 3.05) is 0 Å². The van der Waals surface area contributed by atoms with E-state index in [-0.39, 0.29) is 5.54 Å². The molecule has 70 valence electrons. The van der Waals surface area contributed by atoms with Gasteiger partial charge in [-0.1, -0.05) is 41.4 Å². The summed E-state index contributed by atoms with van der Waals surface area (Å²) in [6.07, 6.45) is 2.32. The smallest absolute Gasteiger partial charge is 0.0442 e. The molecule has 2 heteroatoms. The van der Waals surface area contributed by atoms with Crippen LogP contribution in [0.2, 0.25) is 0 Å². The molecule has 0 spiro atoms. The molecule has 0 radical (unpaired) electrons. The Bertz CT molecular complexity index is 324. The summed E-state index contributed by atoms with van der Waals surface area (Å²) in [5.74, 6) is 0.682. The van der Waals surface area contributed by atoms with Gasteiger partial charge in [0.1, 0.15) is 0 Å². The van der Waals surface area contributed by atoms with Gasteiger partial charge in [0.05, 0.1) is 0 Å². The van der Waals surface area contributed by atoms with Gasteiger partial charge in [0.15, 0.2) is 0 Å². The van der Waals surface area contributed by atoms with Gasteiger partial charge in [0.2, 0.25) is 0 Å². The number of hydrogen-bond acceptors (Lipinski definition) is 1. The first-order valence-electron chi connectivity index (χ1n) is 4.71. The molecule has 2 N–H and O–H groups in total. The monoisotopic (exact) mass is 239 g/mol. The predicted octanol–water partition coefficient (Wildman–Crippen LogP) is 3.03. The van der Waals surface area contributed by atoms with Crippen molar-refractivity contribution < 1.29 is 0 Å². The Morgan fingerprint density at radius 3 is 2.92 bits per heavy atom. The van der Waals surface area contributed by atoms with Gasteiger partial charge in [-0.2, -0.15) is 0 Å². The van der Waals surface area contributed by atoms with E-state index in [0.29, 0.717) is 5.92 Å². The van der Waals surface area contributed by atoms with Crippen molar-refractivity contribution in [3.8, 4) is 0 Å². The van der Waals surface area contributed by atoms with Gasteiger partial charge in [0.25, 0.3) is 0 Å². The lowest BCUT2D eigenvalue weighted by Crippen LogP contribution is -2.21. The van der Waals surface area contributed by atoms with Crippen LogP contribution in [-0.4, -0.2) is 0 Å². The maximum absolute atomic E-state index is 6.27. The number of hydrogen-bond donors (Lipinski definition) is 1. The van der Waals surface area contributed by atoms with Crippen molar-refractivity contribution in [2.24, 2.45) is 11.7 Å². The van der Waals surface area contributed by atoms with E-state index in [9.17, 15) is 0 Å². The molecular formula is C11H14BrN. The van der Waals surface area contributed by atoms with E-state index in [1.54, 1.807) is 0 Å². The van der Waals surface area contributed by atoms with E-state index < -0.39 is 0 Å². The van der Waals surface area contributed by atoms with Crippen LogP contribution in [0.5, 0.6) is 0 Å². The number of benzene rings is 1. The Labute approximate surface area is 87.5 Å². The summed E-state index contributed by atoms with van der Waals surface area (Å²) in [5, 5.41) is 0. The highest BCUT2D eigenvalue weighted by atomic mass is 79.9. The minimum atomic E-state index is -0.0292. The van der Waals surface area contributed by atoms with Crippen molar-refractivity contribution in [3.05, 3.63) is 34.3 Å². The van der Waals surface area contributed by atoms with Gasteiger partial charge in [-0.25, -0.2) is 0 Å². The summed E-state index contributed by atoms with van der Waals surface area (Å²) < 4.78 is 1.12. The lowest BCUT2D eigenvalue weighted by molar-refractivity contribution is 0.615. The van der Waals surface area contributed by atoms with Crippen LogP contribution < -0.4 is 5.73 Å². The molecule has 1 aliphatic carbocycles. The van der Waals surface area contributed by atoms with E-state index in [1.165, 1.54) is 12.0 Å². The van der Waals surface area contributed by atoms with Crippen LogP contribution in [0.15, 0.2) is 28.7 Å². The molecule has 13 heavy (non-hydrogen) atoms. The molecule has 1 nitrogen and oxygen atoms in total. The second-order valence-corrected chi connectivity index (χ2v) is 4.78. The van der Waals surface area contributed by atoms with Crippen LogP contribution in [0.25, 0.3) is 0 Å². The molecule has 0 saturated heterocycles. The van der Waals surface area contributed by atoms with Crippen LogP contribution >= 0.6 is 15.9 Å². The maximum atomic E-state index is 6.27. The molecule has 0 bridgehead atoms. The normalized spacial score (nSPS) is 31.8. The Morgan fingerprint density at radius 1 is 1.62 bits per heavy atom. The summed E-state index contributed by atoms with van der Waals surface area (Å²) in [4.78, 5) is 0. The SMILES string of the molecule is CCC1CC1(N)c1cccc(Br)c1. The van der Waals surface area contributed by atoms with E-state index in [4.69, 9.17) is 5.73 Å². The third-order valence-corrected chi connectivity index (χ3v) is 3.50. The van der Waals surface area contributed by atoms with Crippen LogP contribution in [0.3, 0.4) is 0 Å². The lowest BCUT2D eigenvalue weighted by atomic mass is 10.0. The fourth-order valence-corrected chi connectivity index (χ4v) is 2.39. The molecule has 0 aromatic heterocycles. The minimum Gasteiger partial charge on any atom is -0.321 e. The fourth-order valence-electron chi connectivity index (χ4n) is 1.99. The largest absolute Gasteiger partial charge is 0.321 e. The summed E-state index contributed by atoms with van der Waals surface area (Å²) >= 11 is 3.47. The first kappa shape index (κ1) is 9.22. The zero-order chi connectivity index (χ0) is 9.47. The van der Waals surface area contributed by atoms with Gasteiger partial charge >= 0.3 is 0 Å². The molecule has 1 saturated carbocycles. The average molecular weight is 240 g/mol. The highest BCUT2D eigenvalue weighted by molar-refractivity contribution is 9.10. The molecule has 0 amide bonds. The molecule has 0 aliphatic heterocycles. The van der Waals surface area contributed by atoms with Gasteiger partial charge in [-0.15, -0.1) is 0 Å². The van der Waals surface area contributed by atoms with E-state index >= 15 is 0 Å². The molecule has 1 aliphatic rings. The van der Waals surface area contributed by atoms with Gasteiger partial charge < -0.3 is 5.73 Å². The van der Waals surface area contributed by atoms with Crippen LogP contribution in [0, 0.1) is 5.92 Å². The molecular weight excluding hydrogens is 226 g/mol. The minimum absolute atomic E-state index is 0.0292. The van der Waals surface area contributed by atoms with E-state index in [1.807, 2.05) is 6.07 Å². The molecule has 1 aromatic carbocycles. The summed E-state index contributed by atoms with van der Waals surface area (Å²) in [6, 6.07) is 8.35. The Balaban J connectivity index is 2.27. The lowest BCUT2D eigenvalue weighted by Gasteiger charge is -2.11. The number of halogens is 1. The number of rotatable bonds is 2. The predicted molar refractivity (Wildman–Crippen MR) is 58.4 cm³/mol. The van der Waals surface area contributed by atoms with Gasteiger partial charge in [0, 0.05) is 10.0 Å². The Morgan fingerprint density at radius 2 is 2.38 bits per heavy atom. The van der Waals surface area contributed by atoms with Crippen molar-refractivity contribution in [3.63, 3.8) is 0 Å². The first-order valence-corrected chi connectivity index (χ1v) is 5.51. The quantitative estimate of drug-likeness (QED) is 0.844. The van der Waals surface area contributed by atoms with Crippen LogP contribution in [0.1, 0.15) is 25.3 Å². The summed E-state index contributed by atoms with van der Waals surface area (Å²) in [5.41, 5.74) is 7.51. The van der Waals surface area contributed by atoms with Crippen molar-refractivity contribution in [1.82, 2.24) is 0 Å². The second-order valence-electron chi connectivity index (χ2n) is 3.86. The van der Waals surface area contributed by atoms with Crippen LogP contribution in [-0.2, 0) is 5.54 Å². The average Bonchev–Trinajstić information content (AvgIpc) is 2.79. The van der Waals surface area contributed by atoms with Gasteiger partial charge in [-0.05, 0) is 30.0 Å². The van der Waals surface area contributed by atoms with Crippen molar-refractivity contribution in [1.29, 1.82) is 0 Å². The Hall–Kier alpha value is -0.340. The third kappa shape index (κ3) is 1.53. The van der Waals surface area contributed by atoms with E-state index in [0.717, 1.165) is 10.9 Å². The van der Waals surface area contributed by atoms with Crippen LogP contribution in [0.4, 0.5) is 0 Å². The maximum Gasteiger partial charge on any atom is 0.0442 e. The first-order chi connectivity index (χ1) is 6.16. The fraction of sp³-hybridized carbons (Fsp3) is 0.455.